The Hall–Kier alpha value is -1.41. The van der Waals surface area contributed by atoms with Crippen molar-refractivity contribution in [3.63, 3.8) is 0 Å². The van der Waals surface area contributed by atoms with Gasteiger partial charge in [-0.3, -0.25) is 0 Å². The summed E-state index contributed by atoms with van der Waals surface area (Å²) in [4.78, 5) is 0. The lowest BCUT2D eigenvalue weighted by atomic mass is 10.0. The zero-order valence-electron chi connectivity index (χ0n) is 17.0. The summed E-state index contributed by atoms with van der Waals surface area (Å²) in [5.41, 5.74) is 2.76. The third-order valence-corrected chi connectivity index (χ3v) is 3.81. The first-order chi connectivity index (χ1) is 10.8. The monoisotopic (exact) mass is 338 g/mol. The van der Waals surface area contributed by atoms with E-state index < -0.39 is 0 Å². The molecule has 0 aromatic heterocycles. The Bertz CT molecular complexity index is 457. The number of aryl methyl sites for hydroxylation is 1. The lowest BCUT2D eigenvalue weighted by molar-refractivity contribution is 0.544. The van der Waals surface area contributed by atoms with Crippen molar-refractivity contribution in [1.29, 1.82) is 0 Å². The van der Waals surface area contributed by atoms with Gasteiger partial charge in [-0.15, -0.1) is 0 Å². The Balaban J connectivity index is -0.000000418. The highest BCUT2D eigenvalue weighted by molar-refractivity contribution is 5.53. The zero-order valence-corrected chi connectivity index (χ0v) is 17.0. The van der Waals surface area contributed by atoms with Crippen molar-refractivity contribution >= 4 is 6.08 Å². The summed E-state index contributed by atoms with van der Waals surface area (Å²) < 4.78 is 13.0. The molecule has 0 unspecified atom stereocenters. The molecule has 0 radical (unpaired) electrons. The van der Waals surface area contributed by atoms with Crippen LogP contribution in [0.25, 0.3) is 6.08 Å². The van der Waals surface area contributed by atoms with E-state index in [0.717, 1.165) is 17.1 Å². The van der Waals surface area contributed by atoms with Crippen molar-refractivity contribution in [3.8, 4) is 0 Å². The van der Waals surface area contributed by atoms with Gasteiger partial charge in [-0.1, -0.05) is 91.7 Å². The molecule has 2 heteroatoms. The van der Waals surface area contributed by atoms with Gasteiger partial charge >= 0.3 is 0 Å². The summed E-state index contributed by atoms with van der Waals surface area (Å²) in [6.45, 7) is 20.7. The highest BCUT2D eigenvalue weighted by Crippen LogP contribution is 2.14. The van der Waals surface area contributed by atoms with Gasteiger partial charge in [-0.2, -0.15) is 0 Å². The van der Waals surface area contributed by atoms with Crippen LogP contribution in [0.1, 0.15) is 72.4 Å². The molecule has 1 aromatic rings. The molecule has 0 spiro atoms. The summed E-state index contributed by atoms with van der Waals surface area (Å²) >= 11 is 0. The molecule has 0 aliphatic heterocycles. The molecule has 1 aromatic carbocycles. The first-order valence-corrected chi connectivity index (χ1v) is 8.94. The number of benzene rings is 1. The van der Waals surface area contributed by atoms with Crippen molar-refractivity contribution in [1.82, 2.24) is 0 Å². The second-order valence-corrected chi connectivity index (χ2v) is 5.99. The topological polar surface area (TPSA) is 31.5 Å². The summed E-state index contributed by atoms with van der Waals surface area (Å²) in [7, 11) is 0. The van der Waals surface area contributed by atoms with Crippen molar-refractivity contribution in [2.45, 2.75) is 68.2 Å². The van der Waals surface area contributed by atoms with E-state index in [-0.39, 0.29) is 11.3 Å². The van der Waals surface area contributed by atoms with Crippen LogP contribution in [0.3, 0.4) is 0 Å². The van der Waals surface area contributed by atoms with Crippen LogP contribution in [-0.4, -0.2) is 5.48 Å². The van der Waals surface area contributed by atoms with Crippen LogP contribution in [0.5, 0.6) is 0 Å². The Morgan fingerprint density at radius 2 is 1.62 bits per heavy atom. The van der Waals surface area contributed by atoms with Gasteiger partial charge in [0.25, 0.3) is 0 Å². The number of hydrogen-bond acceptors (Lipinski definition) is 0. The predicted octanol–water partition coefficient (Wildman–Crippen LogP) is 7.00. The smallest absolute Gasteiger partial charge is 0.126 e. The fourth-order valence-corrected chi connectivity index (χ4v) is 1.46. The molecule has 24 heavy (non-hydrogen) atoms. The number of halogens is 1. The van der Waals surface area contributed by atoms with Crippen LogP contribution in [-0.2, 0) is 0 Å². The van der Waals surface area contributed by atoms with E-state index in [2.05, 4.69) is 41.2 Å². The van der Waals surface area contributed by atoms with Crippen molar-refractivity contribution in [2.75, 3.05) is 0 Å². The minimum atomic E-state index is -0.158. The fraction of sp³-hybridized carbons (Fsp3) is 0.545. The molecule has 140 valence electrons. The van der Waals surface area contributed by atoms with Crippen LogP contribution < -0.4 is 0 Å². The molecular formula is C22H39FO. The number of rotatable bonds is 5. The van der Waals surface area contributed by atoms with E-state index in [1.165, 1.54) is 18.9 Å². The van der Waals surface area contributed by atoms with E-state index in [9.17, 15) is 4.39 Å². The predicted molar refractivity (Wildman–Crippen MR) is 109 cm³/mol. The maximum Gasteiger partial charge on any atom is 0.126 e. The van der Waals surface area contributed by atoms with Crippen molar-refractivity contribution in [2.24, 2.45) is 11.8 Å². The molecule has 0 bridgehead atoms. The molecule has 2 N–H and O–H groups in total. The zero-order chi connectivity index (χ0) is 18.4. The van der Waals surface area contributed by atoms with Gasteiger partial charge in [0.15, 0.2) is 0 Å². The molecular weight excluding hydrogens is 299 g/mol. The van der Waals surface area contributed by atoms with E-state index >= 15 is 0 Å². The van der Waals surface area contributed by atoms with Crippen LogP contribution in [0.15, 0.2) is 36.4 Å². The average Bonchev–Trinajstić information content (AvgIpc) is 2.57. The van der Waals surface area contributed by atoms with Gasteiger partial charge in [0.2, 0.25) is 0 Å². The summed E-state index contributed by atoms with van der Waals surface area (Å²) in [5, 5.41) is 0. The fourth-order valence-electron chi connectivity index (χ4n) is 1.46. The second-order valence-electron chi connectivity index (χ2n) is 5.99. The van der Waals surface area contributed by atoms with E-state index in [1.807, 2.05) is 32.1 Å². The molecule has 0 saturated heterocycles. The van der Waals surface area contributed by atoms with Gasteiger partial charge in [-0.25, -0.2) is 4.39 Å². The maximum atomic E-state index is 13.0. The highest BCUT2D eigenvalue weighted by atomic mass is 19.1. The highest BCUT2D eigenvalue weighted by Gasteiger charge is 1.97. The van der Waals surface area contributed by atoms with Crippen LogP contribution in [0.2, 0.25) is 0 Å². The van der Waals surface area contributed by atoms with Gasteiger partial charge in [0.05, 0.1) is 0 Å². The summed E-state index contributed by atoms with van der Waals surface area (Å²) in [5.74, 6) is 1.22. The van der Waals surface area contributed by atoms with Crippen LogP contribution in [0, 0.1) is 24.6 Å². The number of hydrogen-bond donors (Lipinski definition) is 0. The van der Waals surface area contributed by atoms with Crippen molar-refractivity contribution in [3.05, 3.63) is 53.4 Å². The van der Waals surface area contributed by atoms with Crippen molar-refractivity contribution < 1.29 is 9.87 Å². The SMILES string of the molecule is C=C(/C=C\c1ccc(F)c(C)c1)C(C)C.CC.CCC(C)CC.O. The van der Waals surface area contributed by atoms with E-state index in [4.69, 9.17) is 0 Å². The maximum absolute atomic E-state index is 13.0. The third kappa shape index (κ3) is 13.1. The Morgan fingerprint density at radius 3 is 1.96 bits per heavy atom. The quantitative estimate of drug-likeness (QED) is 0.517. The Labute approximate surface area is 150 Å². The minimum absolute atomic E-state index is 0. The molecule has 1 rings (SSSR count). The summed E-state index contributed by atoms with van der Waals surface area (Å²) in [6, 6.07) is 5.10. The molecule has 0 heterocycles. The Kier molecular flexibility index (Phi) is 18.8. The first-order valence-electron chi connectivity index (χ1n) is 8.94. The third-order valence-electron chi connectivity index (χ3n) is 3.81. The Morgan fingerprint density at radius 1 is 1.12 bits per heavy atom. The van der Waals surface area contributed by atoms with Crippen LogP contribution >= 0.6 is 0 Å². The van der Waals surface area contributed by atoms with Gasteiger partial charge < -0.3 is 5.48 Å². The molecule has 0 atom stereocenters. The number of allylic oxidation sites excluding steroid dienone is 2. The normalized spacial score (nSPS) is 9.79. The average molecular weight is 339 g/mol. The second kappa shape index (κ2) is 16.4. The van der Waals surface area contributed by atoms with Crippen LogP contribution in [0.4, 0.5) is 4.39 Å². The van der Waals surface area contributed by atoms with Gasteiger partial charge in [0, 0.05) is 0 Å². The molecule has 0 aliphatic rings. The summed E-state index contributed by atoms with van der Waals surface area (Å²) in [6.07, 6.45) is 6.61. The standard InChI is InChI=1S/C14H17F.C6H14.C2H6.H2O/c1-10(2)11(3)5-6-13-7-8-14(15)12(4)9-13;1-4-6(3)5-2;1-2;/h5-10H,3H2,1-2,4H3;6H,4-5H2,1-3H3;1-2H3;1H2/b6-5-;;;. The molecule has 0 saturated carbocycles. The molecule has 0 fully saturated rings. The van der Waals surface area contributed by atoms with E-state index in [1.54, 1.807) is 13.0 Å². The van der Waals surface area contributed by atoms with Gasteiger partial charge in [-0.05, 0) is 42.0 Å². The molecule has 1 nitrogen and oxygen atoms in total. The minimum Gasteiger partial charge on any atom is -0.412 e. The lowest BCUT2D eigenvalue weighted by Crippen LogP contribution is -1.87. The first kappa shape index (κ1) is 27.4. The largest absolute Gasteiger partial charge is 0.412 e. The lowest BCUT2D eigenvalue weighted by Gasteiger charge is -2.03. The molecule has 0 amide bonds. The van der Waals surface area contributed by atoms with E-state index in [0.29, 0.717) is 11.5 Å². The molecule has 0 aliphatic carbocycles. The van der Waals surface area contributed by atoms with Gasteiger partial charge in [0.1, 0.15) is 5.82 Å².